The van der Waals surface area contributed by atoms with Crippen molar-refractivity contribution >= 4 is 5.91 Å². The van der Waals surface area contributed by atoms with E-state index in [9.17, 15) is 4.79 Å². The van der Waals surface area contributed by atoms with E-state index in [1.807, 2.05) is 24.0 Å². The Bertz CT molecular complexity index is 600. The Kier molecular flexibility index (Phi) is 3.97. The van der Waals surface area contributed by atoms with Crippen LogP contribution in [0.4, 0.5) is 0 Å². The molecule has 3 heterocycles. The third-order valence-corrected chi connectivity index (χ3v) is 5.52. The Morgan fingerprint density at radius 1 is 1.26 bits per heavy atom. The summed E-state index contributed by atoms with van der Waals surface area (Å²) < 4.78 is 6.10. The summed E-state index contributed by atoms with van der Waals surface area (Å²) in [5.74, 6) is 0.784. The molecule has 1 saturated heterocycles. The first-order valence-electron chi connectivity index (χ1n) is 8.94. The summed E-state index contributed by atoms with van der Waals surface area (Å²) in [7, 11) is 0. The maximum atomic E-state index is 12.3. The number of rotatable bonds is 4. The lowest BCUT2D eigenvalue weighted by Crippen LogP contribution is -2.39. The Morgan fingerprint density at radius 3 is 2.87 bits per heavy atom. The van der Waals surface area contributed by atoms with Crippen molar-refractivity contribution < 1.29 is 9.53 Å². The number of carbonyl (C=O) groups is 1. The van der Waals surface area contributed by atoms with Crippen molar-refractivity contribution in [3.05, 3.63) is 23.4 Å². The second-order valence-corrected chi connectivity index (χ2v) is 6.89. The maximum absolute atomic E-state index is 12.3. The fourth-order valence-electron chi connectivity index (χ4n) is 3.85. The van der Waals surface area contributed by atoms with Crippen LogP contribution in [0.5, 0.6) is 5.88 Å². The van der Waals surface area contributed by atoms with Crippen molar-refractivity contribution in [3.63, 3.8) is 0 Å². The molecule has 3 aliphatic rings. The van der Waals surface area contributed by atoms with Crippen molar-refractivity contribution in [3.8, 4) is 5.88 Å². The molecule has 0 aromatic carbocycles. The Hall–Kier alpha value is -1.62. The molecule has 4 rings (SSSR count). The van der Waals surface area contributed by atoms with Crippen LogP contribution in [0.3, 0.4) is 0 Å². The number of likely N-dealkylation sites (tertiary alicyclic amines) is 1. The van der Waals surface area contributed by atoms with Gasteiger partial charge in [0.25, 0.3) is 5.91 Å². The first kappa shape index (κ1) is 14.9. The minimum atomic E-state index is 0.102. The summed E-state index contributed by atoms with van der Waals surface area (Å²) in [4.78, 5) is 21.3. The van der Waals surface area contributed by atoms with E-state index in [4.69, 9.17) is 4.74 Å². The fourth-order valence-corrected chi connectivity index (χ4v) is 3.85. The number of hydrogen-bond donors (Lipinski definition) is 0. The quantitative estimate of drug-likeness (QED) is 0.854. The van der Waals surface area contributed by atoms with Crippen molar-refractivity contribution in [2.24, 2.45) is 0 Å². The average molecular weight is 315 g/mol. The number of carbonyl (C=O) groups excluding carboxylic acids is 1. The molecule has 2 fully saturated rings. The largest absolute Gasteiger partial charge is 0.473 e. The number of nitrogens with zero attached hydrogens (tertiary/aromatic N) is 3. The van der Waals surface area contributed by atoms with Gasteiger partial charge in [0.05, 0.1) is 11.3 Å². The zero-order valence-corrected chi connectivity index (χ0v) is 13.8. The van der Waals surface area contributed by atoms with Crippen LogP contribution in [0.25, 0.3) is 0 Å². The van der Waals surface area contributed by atoms with Gasteiger partial charge in [0.15, 0.2) is 0 Å². The molecule has 0 N–H and O–H groups in total. The summed E-state index contributed by atoms with van der Waals surface area (Å²) in [6, 6.07) is 4.54. The van der Waals surface area contributed by atoms with Crippen LogP contribution >= 0.6 is 0 Å². The number of fused-ring (bicyclic) bond motifs is 1. The number of pyridine rings is 1. The topological polar surface area (TPSA) is 45.7 Å². The van der Waals surface area contributed by atoms with Gasteiger partial charge in [0.2, 0.25) is 5.88 Å². The lowest BCUT2D eigenvalue weighted by molar-refractivity contribution is 0.0746. The molecule has 5 nitrogen and oxygen atoms in total. The van der Waals surface area contributed by atoms with E-state index in [1.165, 1.54) is 19.3 Å². The van der Waals surface area contributed by atoms with Gasteiger partial charge < -0.3 is 9.64 Å². The normalized spacial score (nSPS) is 25.3. The number of likely N-dealkylation sites (N-methyl/N-ethyl adjacent to an activating group) is 1. The molecular formula is C18H25N3O2. The Balaban J connectivity index is 1.42. The molecule has 2 aliphatic heterocycles. The molecule has 0 bridgehead atoms. The van der Waals surface area contributed by atoms with E-state index in [2.05, 4.69) is 9.88 Å². The highest BCUT2D eigenvalue weighted by atomic mass is 16.5. The van der Waals surface area contributed by atoms with Crippen LogP contribution < -0.4 is 4.74 Å². The van der Waals surface area contributed by atoms with E-state index >= 15 is 0 Å². The first-order valence-corrected chi connectivity index (χ1v) is 8.94. The molecule has 1 amide bonds. The van der Waals surface area contributed by atoms with E-state index in [-0.39, 0.29) is 12.0 Å². The molecule has 0 radical (unpaired) electrons. The van der Waals surface area contributed by atoms with E-state index in [0.717, 1.165) is 56.3 Å². The number of amides is 1. The fraction of sp³-hybridized carbons (Fsp3) is 0.667. The maximum Gasteiger partial charge on any atom is 0.255 e. The van der Waals surface area contributed by atoms with Gasteiger partial charge in [-0.1, -0.05) is 6.42 Å². The van der Waals surface area contributed by atoms with Crippen LogP contribution in [0.15, 0.2) is 12.1 Å². The number of hydrogen-bond acceptors (Lipinski definition) is 4. The first-order chi connectivity index (χ1) is 11.2. The molecule has 124 valence electrons. The summed E-state index contributed by atoms with van der Waals surface area (Å²) in [6.07, 6.45) is 6.22. The third kappa shape index (κ3) is 2.82. The molecule has 1 aromatic heterocycles. The predicted molar refractivity (Wildman–Crippen MR) is 87.8 cm³/mol. The van der Waals surface area contributed by atoms with Gasteiger partial charge >= 0.3 is 0 Å². The summed E-state index contributed by atoms with van der Waals surface area (Å²) in [5.41, 5.74) is 1.64. The molecule has 1 atom stereocenters. The van der Waals surface area contributed by atoms with E-state index in [0.29, 0.717) is 5.88 Å². The lowest BCUT2D eigenvalue weighted by Gasteiger charge is -2.34. The number of ether oxygens (including phenoxy) is 1. The van der Waals surface area contributed by atoms with Gasteiger partial charge in [-0.2, -0.15) is 0 Å². The summed E-state index contributed by atoms with van der Waals surface area (Å²) in [5, 5.41) is 0. The molecule has 23 heavy (non-hydrogen) atoms. The SMILES string of the molecule is CCN1CCc2nc(OC3CCN(C4CCC4)C3)ccc2C1=O. The van der Waals surface area contributed by atoms with Gasteiger partial charge in [-0.15, -0.1) is 0 Å². The highest BCUT2D eigenvalue weighted by molar-refractivity contribution is 5.96. The van der Waals surface area contributed by atoms with Gasteiger partial charge in [-0.05, 0) is 32.3 Å². The zero-order chi connectivity index (χ0) is 15.8. The standard InChI is InChI=1S/C18H25N3O2/c1-2-20-11-9-16-15(18(20)22)6-7-17(19-16)23-14-8-10-21(12-14)13-4-3-5-13/h6-7,13-14H,2-5,8-12H2,1H3. The van der Waals surface area contributed by atoms with Gasteiger partial charge in [0, 0.05) is 44.7 Å². The van der Waals surface area contributed by atoms with Crippen molar-refractivity contribution in [1.29, 1.82) is 0 Å². The highest BCUT2D eigenvalue weighted by Gasteiger charge is 2.33. The lowest BCUT2D eigenvalue weighted by atomic mass is 9.92. The molecule has 1 saturated carbocycles. The summed E-state index contributed by atoms with van der Waals surface area (Å²) >= 11 is 0. The van der Waals surface area contributed by atoms with Gasteiger partial charge in [-0.3, -0.25) is 9.69 Å². The van der Waals surface area contributed by atoms with Gasteiger partial charge in [-0.25, -0.2) is 4.98 Å². The van der Waals surface area contributed by atoms with Crippen LogP contribution in [-0.2, 0) is 6.42 Å². The minimum absolute atomic E-state index is 0.102. The molecule has 1 unspecified atom stereocenters. The Labute approximate surface area is 137 Å². The van der Waals surface area contributed by atoms with Crippen molar-refractivity contribution in [2.75, 3.05) is 26.2 Å². The highest BCUT2D eigenvalue weighted by Crippen LogP contribution is 2.29. The monoisotopic (exact) mass is 315 g/mol. The second kappa shape index (κ2) is 6.11. The molecule has 5 heteroatoms. The zero-order valence-electron chi connectivity index (χ0n) is 13.8. The summed E-state index contributed by atoms with van der Waals surface area (Å²) in [6.45, 7) is 5.70. The van der Waals surface area contributed by atoms with E-state index < -0.39 is 0 Å². The van der Waals surface area contributed by atoms with Crippen LogP contribution in [0, 0.1) is 0 Å². The molecule has 1 aliphatic carbocycles. The minimum Gasteiger partial charge on any atom is -0.473 e. The Morgan fingerprint density at radius 2 is 2.13 bits per heavy atom. The molecule has 0 spiro atoms. The van der Waals surface area contributed by atoms with Gasteiger partial charge in [0.1, 0.15) is 6.10 Å². The second-order valence-electron chi connectivity index (χ2n) is 6.89. The molecule has 1 aromatic rings. The van der Waals surface area contributed by atoms with Crippen LogP contribution in [0.2, 0.25) is 0 Å². The predicted octanol–water partition coefficient (Wildman–Crippen LogP) is 2.11. The number of aromatic nitrogens is 1. The van der Waals surface area contributed by atoms with Crippen molar-refractivity contribution in [2.45, 2.75) is 51.2 Å². The average Bonchev–Trinajstić information content (AvgIpc) is 2.94. The smallest absolute Gasteiger partial charge is 0.255 e. The van der Waals surface area contributed by atoms with Crippen molar-refractivity contribution in [1.82, 2.24) is 14.8 Å². The molecular weight excluding hydrogens is 290 g/mol. The third-order valence-electron chi connectivity index (χ3n) is 5.52. The van der Waals surface area contributed by atoms with Crippen LogP contribution in [-0.4, -0.2) is 59.0 Å². The van der Waals surface area contributed by atoms with Crippen LogP contribution in [0.1, 0.15) is 48.7 Å². The van der Waals surface area contributed by atoms with E-state index in [1.54, 1.807) is 0 Å².